The fourth-order valence-corrected chi connectivity index (χ4v) is 2.96. The van der Waals surface area contributed by atoms with Gasteiger partial charge in [0.15, 0.2) is 0 Å². The molecular weight excluding hydrogens is 316 g/mol. The van der Waals surface area contributed by atoms with E-state index < -0.39 is 5.97 Å². The Labute approximate surface area is 148 Å². The molecule has 1 fully saturated rings. The maximum absolute atomic E-state index is 10.9. The van der Waals surface area contributed by atoms with Crippen LogP contribution in [0.3, 0.4) is 0 Å². The largest absolute Gasteiger partial charge is 0.480 e. The van der Waals surface area contributed by atoms with Crippen molar-refractivity contribution in [2.75, 3.05) is 37.6 Å². The van der Waals surface area contributed by atoms with Crippen molar-refractivity contribution < 1.29 is 9.90 Å². The van der Waals surface area contributed by atoms with Crippen molar-refractivity contribution in [2.45, 2.75) is 19.8 Å². The van der Waals surface area contributed by atoms with Crippen molar-refractivity contribution in [3.8, 4) is 11.3 Å². The average molecular weight is 340 g/mol. The average Bonchev–Trinajstić information content (AvgIpc) is 2.62. The third-order valence-corrected chi connectivity index (χ3v) is 4.37. The monoisotopic (exact) mass is 340 g/mol. The van der Waals surface area contributed by atoms with E-state index in [1.54, 1.807) is 0 Å². The second kappa shape index (κ2) is 7.61. The number of aromatic nitrogens is 2. The van der Waals surface area contributed by atoms with Gasteiger partial charge in [-0.2, -0.15) is 0 Å². The standard InChI is InChI=1S/C19H24N4O2/c1-14(2)19-20-16(15-6-4-3-5-7-15)12-17(21-19)23-10-8-22(9-11-23)13-18(24)25/h3-7,12,14H,8-11,13H2,1-2H3,(H,24,25). The molecule has 1 N–H and O–H groups in total. The molecule has 2 aromatic rings. The Bertz CT molecular complexity index is 725. The summed E-state index contributed by atoms with van der Waals surface area (Å²) in [7, 11) is 0. The van der Waals surface area contributed by atoms with Gasteiger partial charge < -0.3 is 10.0 Å². The Morgan fingerprint density at radius 3 is 2.40 bits per heavy atom. The van der Waals surface area contributed by atoms with Crippen molar-refractivity contribution >= 4 is 11.8 Å². The third-order valence-electron chi connectivity index (χ3n) is 4.37. The predicted octanol–water partition coefficient (Wildman–Crippen LogP) is 2.47. The van der Waals surface area contributed by atoms with Gasteiger partial charge in [-0.05, 0) is 0 Å². The van der Waals surface area contributed by atoms with Crippen molar-refractivity contribution in [2.24, 2.45) is 0 Å². The number of rotatable bonds is 5. The van der Waals surface area contributed by atoms with Gasteiger partial charge in [-0.15, -0.1) is 0 Å². The van der Waals surface area contributed by atoms with Gasteiger partial charge in [0.1, 0.15) is 11.6 Å². The van der Waals surface area contributed by atoms with Crippen LogP contribution >= 0.6 is 0 Å². The van der Waals surface area contributed by atoms with Gasteiger partial charge in [0.2, 0.25) is 0 Å². The number of anilines is 1. The molecule has 0 aliphatic carbocycles. The molecule has 1 saturated heterocycles. The molecule has 6 nitrogen and oxygen atoms in total. The number of nitrogens with zero attached hydrogens (tertiary/aromatic N) is 4. The highest BCUT2D eigenvalue weighted by atomic mass is 16.4. The summed E-state index contributed by atoms with van der Waals surface area (Å²) < 4.78 is 0. The summed E-state index contributed by atoms with van der Waals surface area (Å²) >= 11 is 0. The molecule has 6 heteroatoms. The van der Waals surface area contributed by atoms with Crippen LogP contribution < -0.4 is 4.90 Å². The third kappa shape index (κ3) is 4.33. The number of benzene rings is 1. The van der Waals surface area contributed by atoms with Gasteiger partial charge >= 0.3 is 5.97 Å². The fraction of sp³-hybridized carbons (Fsp3) is 0.421. The Balaban J connectivity index is 1.84. The second-order valence-corrected chi connectivity index (χ2v) is 6.65. The zero-order valence-electron chi connectivity index (χ0n) is 14.7. The number of hydrogen-bond donors (Lipinski definition) is 1. The predicted molar refractivity (Wildman–Crippen MR) is 97.8 cm³/mol. The number of piperazine rings is 1. The Morgan fingerprint density at radius 1 is 1.12 bits per heavy atom. The van der Waals surface area contributed by atoms with Crippen molar-refractivity contribution in [3.63, 3.8) is 0 Å². The highest BCUT2D eigenvalue weighted by molar-refractivity contribution is 5.69. The molecule has 0 saturated carbocycles. The summed E-state index contributed by atoms with van der Waals surface area (Å²) in [6.07, 6.45) is 0. The first-order valence-corrected chi connectivity index (χ1v) is 8.66. The summed E-state index contributed by atoms with van der Waals surface area (Å²) in [5, 5.41) is 8.93. The van der Waals surface area contributed by atoms with E-state index in [2.05, 4.69) is 30.9 Å². The first-order valence-electron chi connectivity index (χ1n) is 8.66. The minimum atomic E-state index is -0.774. The minimum absolute atomic E-state index is 0.101. The first kappa shape index (κ1) is 17.4. The van der Waals surface area contributed by atoms with Gasteiger partial charge in [-0.25, -0.2) is 9.97 Å². The van der Waals surface area contributed by atoms with Gasteiger partial charge in [0.25, 0.3) is 0 Å². The maximum Gasteiger partial charge on any atom is 0.317 e. The molecular formula is C19H24N4O2. The highest BCUT2D eigenvalue weighted by Crippen LogP contribution is 2.25. The van der Waals surface area contributed by atoms with Crippen LogP contribution in [-0.4, -0.2) is 58.7 Å². The highest BCUT2D eigenvalue weighted by Gasteiger charge is 2.21. The Kier molecular flexibility index (Phi) is 5.28. The van der Waals surface area contributed by atoms with Gasteiger partial charge in [0.05, 0.1) is 12.2 Å². The second-order valence-electron chi connectivity index (χ2n) is 6.65. The number of hydrogen-bond acceptors (Lipinski definition) is 5. The molecule has 0 radical (unpaired) electrons. The summed E-state index contributed by atoms with van der Waals surface area (Å²) in [4.78, 5) is 24.5. The van der Waals surface area contributed by atoms with Crippen LogP contribution in [-0.2, 0) is 4.79 Å². The molecule has 0 unspecified atom stereocenters. The van der Waals surface area contributed by atoms with Crippen LogP contribution in [0.1, 0.15) is 25.6 Å². The van der Waals surface area contributed by atoms with E-state index in [4.69, 9.17) is 15.1 Å². The van der Waals surface area contributed by atoms with E-state index in [-0.39, 0.29) is 12.5 Å². The van der Waals surface area contributed by atoms with E-state index in [1.807, 2.05) is 29.2 Å². The molecule has 25 heavy (non-hydrogen) atoms. The summed E-state index contributed by atoms with van der Waals surface area (Å²) in [5.74, 6) is 1.23. The molecule has 0 atom stereocenters. The molecule has 3 rings (SSSR count). The van der Waals surface area contributed by atoms with E-state index in [0.717, 1.165) is 49.1 Å². The molecule has 1 aromatic heterocycles. The molecule has 2 heterocycles. The van der Waals surface area contributed by atoms with Crippen molar-refractivity contribution in [1.29, 1.82) is 0 Å². The van der Waals surface area contributed by atoms with E-state index in [9.17, 15) is 4.79 Å². The topological polar surface area (TPSA) is 69.6 Å². The van der Waals surface area contributed by atoms with Crippen LogP contribution in [0.4, 0.5) is 5.82 Å². The summed E-state index contributed by atoms with van der Waals surface area (Å²) in [5.41, 5.74) is 2.01. The lowest BCUT2D eigenvalue weighted by molar-refractivity contribution is -0.138. The van der Waals surface area contributed by atoms with Crippen LogP contribution in [0.15, 0.2) is 36.4 Å². The number of carboxylic acid groups (broad SMARTS) is 1. The molecule has 1 aromatic carbocycles. The number of carboxylic acids is 1. The molecule has 0 bridgehead atoms. The molecule has 0 spiro atoms. The van der Waals surface area contributed by atoms with Gasteiger partial charge in [-0.1, -0.05) is 44.2 Å². The summed E-state index contributed by atoms with van der Waals surface area (Å²) in [6, 6.07) is 12.2. The number of aliphatic carboxylic acids is 1. The molecule has 0 amide bonds. The van der Waals surface area contributed by atoms with Gasteiger partial charge in [0, 0.05) is 43.7 Å². The van der Waals surface area contributed by atoms with Crippen LogP contribution in [0, 0.1) is 0 Å². The smallest absolute Gasteiger partial charge is 0.317 e. The lowest BCUT2D eigenvalue weighted by Gasteiger charge is -2.34. The molecule has 132 valence electrons. The van der Waals surface area contributed by atoms with Crippen LogP contribution in [0.2, 0.25) is 0 Å². The lowest BCUT2D eigenvalue weighted by Crippen LogP contribution is -2.48. The normalized spacial score (nSPS) is 15.6. The van der Waals surface area contributed by atoms with Gasteiger partial charge in [-0.3, -0.25) is 9.69 Å². The Hall–Kier alpha value is -2.47. The first-order chi connectivity index (χ1) is 12.0. The minimum Gasteiger partial charge on any atom is -0.480 e. The molecule has 1 aliphatic rings. The fourth-order valence-electron chi connectivity index (χ4n) is 2.96. The van der Waals surface area contributed by atoms with Crippen LogP contribution in [0.25, 0.3) is 11.3 Å². The SMILES string of the molecule is CC(C)c1nc(-c2ccccc2)cc(N2CCN(CC(=O)O)CC2)n1. The quantitative estimate of drug-likeness (QED) is 0.902. The lowest BCUT2D eigenvalue weighted by atomic mass is 10.1. The zero-order chi connectivity index (χ0) is 17.8. The van der Waals surface area contributed by atoms with E-state index >= 15 is 0 Å². The number of carbonyl (C=O) groups is 1. The molecule has 1 aliphatic heterocycles. The summed E-state index contributed by atoms with van der Waals surface area (Å²) in [6.45, 7) is 7.30. The van der Waals surface area contributed by atoms with Crippen molar-refractivity contribution in [3.05, 3.63) is 42.2 Å². The van der Waals surface area contributed by atoms with E-state index in [1.165, 1.54) is 0 Å². The van der Waals surface area contributed by atoms with E-state index in [0.29, 0.717) is 0 Å². The zero-order valence-corrected chi connectivity index (χ0v) is 14.7. The Morgan fingerprint density at radius 2 is 1.80 bits per heavy atom. The van der Waals surface area contributed by atoms with Crippen molar-refractivity contribution in [1.82, 2.24) is 14.9 Å². The van der Waals surface area contributed by atoms with Crippen LogP contribution in [0.5, 0.6) is 0 Å². The maximum atomic E-state index is 10.9.